The van der Waals surface area contributed by atoms with Crippen molar-refractivity contribution in [2.75, 3.05) is 11.4 Å². The Morgan fingerprint density at radius 3 is 2.75 bits per heavy atom. The highest BCUT2D eigenvalue weighted by Crippen LogP contribution is 2.43. The number of aryl methyl sites for hydroxylation is 1. The maximum absolute atomic E-state index is 12.3. The smallest absolute Gasteiger partial charge is 0.272 e. The SMILES string of the molecule is CCN1c2cc(C)c(/C=N\NC(=O)c3ccccc3Cl)cc2[C@@H](C)CC1(C)C. The second-order valence-electron chi connectivity index (χ2n) is 8.11. The van der Waals surface area contributed by atoms with Crippen LogP contribution in [0.4, 0.5) is 5.69 Å². The molecule has 0 aliphatic carbocycles. The van der Waals surface area contributed by atoms with Crippen molar-refractivity contribution in [1.29, 1.82) is 0 Å². The maximum Gasteiger partial charge on any atom is 0.272 e. The third-order valence-corrected chi connectivity index (χ3v) is 5.91. The fourth-order valence-corrected chi connectivity index (χ4v) is 4.48. The standard InChI is InChI=1S/C23H28ClN3O/c1-6-27-21-11-15(2)17(12-19(21)16(3)13-23(27,4)5)14-25-26-22(28)18-9-7-8-10-20(18)24/h7-12,14,16H,6,13H2,1-5H3,(H,26,28)/b25-14-/t16-/m0/s1. The van der Waals surface area contributed by atoms with Gasteiger partial charge in [-0.1, -0.05) is 30.7 Å². The second kappa shape index (κ2) is 7.96. The monoisotopic (exact) mass is 397 g/mol. The van der Waals surface area contributed by atoms with Gasteiger partial charge in [-0.15, -0.1) is 0 Å². The maximum atomic E-state index is 12.3. The number of halogens is 1. The van der Waals surface area contributed by atoms with E-state index in [2.05, 4.69) is 62.2 Å². The third kappa shape index (κ3) is 3.93. The van der Waals surface area contributed by atoms with E-state index < -0.39 is 0 Å². The molecule has 3 rings (SSSR count). The van der Waals surface area contributed by atoms with E-state index in [0.717, 1.165) is 24.1 Å². The molecule has 0 saturated carbocycles. The van der Waals surface area contributed by atoms with Crippen molar-refractivity contribution in [1.82, 2.24) is 5.43 Å². The van der Waals surface area contributed by atoms with Gasteiger partial charge in [0, 0.05) is 17.8 Å². The predicted molar refractivity (Wildman–Crippen MR) is 118 cm³/mol. The lowest BCUT2D eigenvalue weighted by Crippen LogP contribution is -2.48. The number of carbonyl (C=O) groups is 1. The minimum absolute atomic E-state index is 0.145. The lowest BCUT2D eigenvalue weighted by molar-refractivity contribution is 0.0955. The van der Waals surface area contributed by atoms with Gasteiger partial charge in [-0.2, -0.15) is 5.10 Å². The first-order chi connectivity index (χ1) is 13.2. The van der Waals surface area contributed by atoms with Gasteiger partial charge >= 0.3 is 0 Å². The molecule has 0 unspecified atom stereocenters. The summed E-state index contributed by atoms with van der Waals surface area (Å²) in [4.78, 5) is 14.7. The van der Waals surface area contributed by atoms with Crippen LogP contribution in [-0.4, -0.2) is 24.2 Å². The van der Waals surface area contributed by atoms with Crippen molar-refractivity contribution in [2.45, 2.75) is 52.5 Å². The molecule has 0 radical (unpaired) electrons. The molecule has 2 aromatic rings. The minimum atomic E-state index is -0.315. The normalized spacial score (nSPS) is 18.2. The molecule has 5 heteroatoms. The average molecular weight is 398 g/mol. The van der Waals surface area contributed by atoms with Gasteiger partial charge in [-0.05, 0) is 81.0 Å². The van der Waals surface area contributed by atoms with Crippen molar-refractivity contribution < 1.29 is 4.79 Å². The van der Waals surface area contributed by atoms with Gasteiger partial charge in [0.2, 0.25) is 0 Å². The van der Waals surface area contributed by atoms with Gasteiger partial charge in [-0.25, -0.2) is 5.43 Å². The van der Waals surface area contributed by atoms with Crippen molar-refractivity contribution in [3.05, 3.63) is 63.7 Å². The fraction of sp³-hybridized carbons (Fsp3) is 0.391. The Labute approximate surface area is 172 Å². The van der Waals surface area contributed by atoms with E-state index in [4.69, 9.17) is 11.6 Å². The molecule has 1 atom stereocenters. The first-order valence-electron chi connectivity index (χ1n) is 9.74. The molecule has 1 amide bonds. The molecule has 1 aliphatic rings. The number of fused-ring (bicyclic) bond motifs is 1. The number of hydrazone groups is 1. The van der Waals surface area contributed by atoms with Crippen molar-refractivity contribution in [2.24, 2.45) is 5.10 Å². The average Bonchev–Trinajstić information content (AvgIpc) is 2.62. The van der Waals surface area contributed by atoms with Gasteiger partial charge < -0.3 is 4.90 Å². The molecule has 1 heterocycles. The Morgan fingerprint density at radius 2 is 2.07 bits per heavy atom. The Bertz CT molecular complexity index is 920. The summed E-state index contributed by atoms with van der Waals surface area (Å²) in [6, 6.07) is 11.4. The molecule has 2 aromatic carbocycles. The summed E-state index contributed by atoms with van der Waals surface area (Å²) in [6.07, 6.45) is 2.82. The molecular formula is C23H28ClN3O. The Morgan fingerprint density at radius 1 is 1.36 bits per heavy atom. The van der Waals surface area contributed by atoms with E-state index in [1.807, 2.05) is 0 Å². The van der Waals surface area contributed by atoms with E-state index in [0.29, 0.717) is 16.5 Å². The van der Waals surface area contributed by atoms with Crippen LogP contribution >= 0.6 is 11.6 Å². The molecule has 1 aliphatic heterocycles. The Balaban J connectivity index is 1.84. The summed E-state index contributed by atoms with van der Waals surface area (Å²) < 4.78 is 0. The second-order valence-corrected chi connectivity index (χ2v) is 8.52. The van der Waals surface area contributed by atoms with Crippen LogP contribution in [0.15, 0.2) is 41.5 Å². The quantitative estimate of drug-likeness (QED) is 0.545. The molecule has 0 saturated heterocycles. The van der Waals surface area contributed by atoms with E-state index in [9.17, 15) is 4.79 Å². The largest absolute Gasteiger partial charge is 0.366 e. The van der Waals surface area contributed by atoms with E-state index >= 15 is 0 Å². The van der Waals surface area contributed by atoms with E-state index in [1.165, 1.54) is 11.3 Å². The summed E-state index contributed by atoms with van der Waals surface area (Å²) in [6.45, 7) is 12.2. The lowest BCUT2D eigenvalue weighted by Gasteiger charge is -2.47. The summed E-state index contributed by atoms with van der Waals surface area (Å²) in [5, 5.41) is 4.58. The zero-order valence-corrected chi connectivity index (χ0v) is 18.0. The van der Waals surface area contributed by atoms with Crippen LogP contribution in [0.1, 0.15) is 67.1 Å². The zero-order valence-electron chi connectivity index (χ0n) is 17.2. The van der Waals surface area contributed by atoms with Crippen LogP contribution in [0.3, 0.4) is 0 Å². The van der Waals surface area contributed by atoms with Crippen LogP contribution in [0.5, 0.6) is 0 Å². The molecule has 148 valence electrons. The molecule has 4 nitrogen and oxygen atoms in total. The summed E-state index contributed by atoms with van der Waals surface area (Å²) in [5.74, 6) is 0.156. The predicted octanol–water partition coefficient (Wildman–Crippen LogP) is 5.52. The van der Waals surface area contributed by atoms with Crippen LogP contribution < -0.4 is 10.3 Å². The lowest BCUT2D eigenvalue weighted by atomic mass is 9.79. The highest BCUT2D eigenvalue weighted by molar-refractivity contribution is 6.33. The zero-order chi connectivity index (χ0) is 20.5. The van der Waals surface area contributed by atoms with Gasteiger partial charge in [0.25, 0.3) is 5.91 Å². The van der Waals surface area contributed by atoms with Crippen molar-refractivity contribution in [3.8, 4) is 0 Å². The van der Waals surface area contributed by atoms with Crippen LogP contribution in [0.2, 0.25) is 5.02 Å². The third-order valence-electron chi connectivity index (χ3n) is 5.58. The van der Waals surface area contributed by atoms with Gasteiger partial charge in [0.05, 0.1) is 16.8 Å². The number of amides is 1. The molecular weight excluding hydrogens is 370 g/mol. The molecule has 0 aromatic heterocycles. The Hall–Kier alpha value is -2.33. The summed E-state index contributed by atoms with van der Waals surface area (Å²) in [7, 11) is 0. The number of nitrogens with one attached hydrogen (secondary N) is 1. The van der Waals surface area contributed by atoms with Crippen molar-refractivity contribution in [3.63, 3.8) is 0 Å². The number of benzene rings is 2. The van der Waals surface area contributed by atoms with Gasteiger partial charge in [0.15, 0.2) is 0 Å². The van der Waals surface area contributed by atoms with Gasteiger partial charge in [0.1, 0.15) is 0 Å². The first kappa shape index (κ1) is 20.4. The Kier molecular flexibility index (Phi) is 5.80. The molecule has 0 fully saturated rings. The molecule has 1 N–H and O–H groups in total. The summed E-state index contributed by atoms with van der Waals surface area (Å²) >= 11 is 6.07. The number of carbonyl (C=O) groups excluding carboxylic acids is 1. The number of rotatable bonds is 4. The minimum Gasteiger partial charge on any atom is -0.366 e. The highest BCUT2D eigenvalue weighted by atomic mass is 35.5. The highest BCUT2D eigenvalue weighted by Gasteiger charge is 2.35. The van der Waals surface area contributed by atoms with Crippen LogP contribution in [0.25, 0.3) is 0 Å². The number of nitrogens with zero attached hydrogens (tertiary/aromatic N) is 2. The summed E-state index contributed by atoms with van der Waals surface area (Å²) in [5.41, 5.74) is 7.93. The number of anilines is 1. The molecule has 0 spiro atoms. The molecule has 0 bridgehead atoms. The molecule has 28 heavy (non-hydrogen) atoms. The van der Waals surface area contributed by atoms with Crippen molar-refractivity contribution >= 4 is 29.4 Å². The fourth-order valence-electron chi connectivity index (χ4n) is 4.25. The first-order valence-corrected chi connectivity index (χ1v) is 10.1. The number of hydrogen-bond donors (Lipinski definition) is 1. The van der Waals surface area contributed by atoms with Gasteiger partial charge in [-0.3, -0.25) is 4.79 Å². The van der Waals surface area contributed by atoms with E-state index in [1.54, 1.807) is 30.5 Å². The van der Waals surface area contributed by atoms with E-state index in [-0.39, 0.29) is 11.4 Å². The number of hydrogen-bond acceptors (Lipinski definition) is 3. The van der Waals surface area contributed by atoms with Crippen LogP contribution in [0, 0.1) is 6.92 Å². The topological polar surface area (TPSA) is 44.7 Å². The van der Waals surface area contributed by atoms with Crippen LogP contribution in [-0.2, 0) is 0 Å².